The Hall–Kier alpha value is -6.26. The Bertz CT molecular complexity index is 2150. The van der Waals surface area contributed by atoms with Gasteiger partial charge in [-0.15, -0.1) is 0 Å². The van der Waals surface area contributed by atoms with Crippen LogP contribution in [0.5, 0.6) is 0 Å². The Morgan fingerprint density at radius 2 is 1.70 bits per heavy atom. The van der Waals surface area contributed by atoms with Crippen molar-refractivity contribution in [2.75, 3.05) is 18.4 Å². The molecule has 0 bridgehead atoms. The standard InChI is InChI=1S/C40H49N9O8/c1-22(50)48-21-25-9-3-2-7-23(25)15-31(48)38(55)45-20-35(52)49-30-11-5-4-8-24(30)16-32(49)39(56)47-29(10-6-14-44-40(42)43)37(54)46-27-12-13-28-26(17-34(41)51)18-36(53)57-33(28)19-27/h2-3,7,9,12-13,18-19,24,29-32H,4-6,8,10-11,14-17,20-21H2,1H3,(H2,41,51)(H,45,55)(H,46,54)(H,47,56)(H4,42,43,44)/t24?,29-,30?,31-,32-/m0/s1. The summed E-state index contributed by atoms with van der Waals surface area (Å²) in [6.45, 7) is 1.52. The highest BCUT2D eigenvalue weighted by atomic mass is 16.4. The number of aliphatic imine (C=N–C) groups is 1. The molecule has 0 radical (unpaired) electrons. The van der Waals surface area contributed by atoms with E-state index in [1.165, 1.54) is 24.0 Å². The summed E-state index contributed by atoms with van der Waals surface area (Å²) < 4.78 is 5.33. The van der Waals surface area contributed by atoms with Crippen LogP contribution in [-0.2, 0) is 48.2 Å². The predicted octanol–water partition coefficient (Wildman–Crippen LogP) is 0.547. The summed E-state index contributed by atoms with van der Waals surface area (Å²) in [5.74, 6) is -2.91. The van der Waals surface area contributed by atoms with Crippen LogP contribution in [0.1, 0.15) is 68.6 Å². The van der Waals surface area contributed by atoms with Gasteiger partial charge in [0.2, 0.25) is 35.4 Å². The van der Waals surface area contributed by atoms with E-state index in [4.69, 9.17) is 21.6 Å². The highest BCUT2D eigenvalue weighted by Gasteiger charge is 2.48. The van der Waals surface area contributed by atoms with Gasteiger partial charge >= 0.3 is 5.63 Å². The zero-order chi connectivity index (χ0) is 40.8. The Morgan fingerprint density at radius 1 is 0.947 bits per heavy atom. The second-order valence-electron chi connectivity index (χ2n) is 15.0. The molecule has 1 saturated heterocycles. The Morgan fingerprint density at radius 3 is 2.44 bits per heavy atom. The molecule has 2 fully saturated rings. The first kappa shape index (κ1) is 40.4. The van der Waals surface area contributed by atoms with Gasteiger partial charge in [-0.05, 0) is 66.8 Å². The van der Waals surface area contributed by atoms with Crippen LogP contribution in [0.3, 0.4) is 0 Å². The van der Waals surface area contributed by atoms with Gasteiger partial charge in [0, 0.05) is 55.7 Å². The van der Waals surface area contributed by atoms with E-state index in [1.54, 1.807) is 17.0 Å². The van der Waals surface area contributed by atoms with Gasteiger partial charge in [-0.25, -0.2) is 4.79 Å². The van der Waals surface area contributed by atoms with Gasteiger partial charge in [0.15, 0.2) is 5.96 Å². The number of nitrogens with one attached hydrogen (secondary N) is 3. The van der Waals surface area contributed by atoms with E-state index < -0.39 is 53.3 Å². The maximum absolute atomic E-state index is 14.2. The molecule has 6 amide bonds. The summed E-state index contributed by atoms with van der Waals surface area (Å²) in [4.78, 5) is 99.0. The molecule has 3 heterocycles. The van der Waals surface area contributed by atoms with Gasteiger partial charge in [0.05, 0.1) is 13.0 Å². The molecule has 17 heteroatoms. The maximum Gasteiger partial charge on any atom is 0.336 e. The van der Waals surface area contributed by atoms with Crippen molar-refractivity contribution in [1.29, 1.82) is 0 Å². The van der Waals surface area contributed by atoms with Gasteiger partial charge in [-0.3, -0.25) is 33.8 Å². The van der Waals surface area contributed by atoms with Gasteiger partial charge in [0.25, 0.3) is 0 Å². The molecule has 302 valence electrons. The summed E-state index contributed by atoms with van der Waals surface area (Å²) in [7, 11) is 0. The smallest absolute Gasteiger partial charge is 0.336 e. The van der Waals surface area contributed by atoms with Crippen molar-refractivity contribution in [3.05, 3.63) is 75.6 Å². The lowest BCUT2D eigenvalue weighted by Gasteiger charge is -2.36. The molecule has 9 N–H and O–H groups in total. The minimum Gasteiger partial charge on any atom is -0.423 e. The fourth-order valence-corrected chi connectivity index (χ4v) is 8.42. The third-order valence-corrected chi connectivity index (χ3v) is 11.1. The summed E-state index contributed by atoms with van der Waals surface area (Å²) in [5, 5.41) is 8.87. The minimum absolute atomic E-state index is 0.0676. The fraction of sp³-hybridized carbons (Fsp3) is 0.450. The molecule has 57 heavy (non-hydrogen) atoms. The lowest BCUT2D eigenvalue weighted by atomic mass is 9.84. The number of hydrogen-bond acceptors (Lipinski definition) is 9. The molecule has 17 nitrogen and oxygen atoms in total. The van der Waals surface area contributed by atoms with Crippen LogP contribution in [0.15, 0.2) is 62.7 Å². The lowest BCUT2D eigenvalue weighted by Crippen LogP contribution is -2.57. The number of amides is 6. The minimum atomic E-state index is -1.08. The number of fused-ring (bicyclic) bond motifs is 3. The molecular weight excluding hydrogens is 734 g/mol. The quantitative estimate of drug-likeness (QED) is 0.0607. The largest absolute Gasteiger partial charge is 0.423 e. The van der Waals surface area contributed by atoms with Crippen LogP contribution in [0, 0.1) is 5.92 Å². The van der Waals surface area contributed by atoms with Crippen molar-refractivity contribution in [2.45, 2.75) is 95.4 Å². The van der Waals surface area contributed by atoms with Crippen molar-refractivity contribution in [3.8, 4) is 0 Å². The topological polar surface area (TPSA) is 266 Å². The molecule has 1 aromatic heterocycles. The summed E-state index contributed by atoms with van der Waals surface area (Å²) in [6, 6.07) is 10.4. The number of guanidine groups is 1. The van der Waals surface area contributed by atoms with Crippen LogP contribution in [-0.4, -0.2) is 88.5 Å². The van der Waals surface area contributed by atoms with Gasteiger partial charge in [0.1, 0.15) is 23.7 Å². The van der Waals surface area contributed by atoms with E-state index in [0.29, 0.717) is 36.6 Å². The monoisotopic (exact) mass is 783 g/mol. The number of hydrogen-bond donors (Lipinski definition) is 6. The molecule has 2 unspecified atom stereocenters. The van der Waals surface area contributed by atoms with Crippen molar-refractivity contribution in [2.24, 2.45) is 28.1 Å². The first-order chi connectivity index (χ1) is 27.3. The van der Waals surface area contributed by atoms with Gasteiger partial charge < -0.3 is 47.4 Å². The third kappa shape index (κ3) is 9.59. The number of anilines is 1. The number of carbonyl (C=O) groups excluding carboxylic acids is 6. The van der Waals surface area contributed by atoms with E-state index in [2.05, 4.69) is 20.9 Å². The Labute approximate surface area is 328 Å². The highest BCUT2D eigenvalue weighted by molar-refractivity contribution is 6.00. The van der Waals surface area contributed by atoms with Crippen molar-refractivity contribution in [1.82, 2.24) is 20.4 Å². The number of nitrogens with zero attached hydrogens (tertiary/aromatic N) is 3. The van der Waals surface area contributed by atoms with Crippen LogP contribution >= 0.6 is 0 Å². The molecule has 3 aromatic rings. The molecule has 0 spiro atoms. The normalized spacial score (nSPS) is 20.4. The molecule has 5 atom stereocenters. The van der Waals surface area contributed by atoms with Crippen LogP contribution in [0.4, 0.5) is 5.69 Å². The third-order valence-electron chi connectivity index (χ3n) is 11.1. The Balaban J connectivity index is 1.18. The van der Waals surface area contributed by atoms with Crippen LogP contribution < -0.4 is 38.8 Å². The molecule has 1 aliphatic carbocycles. The number of rotatable bonds is 13. The van der Waals surface area contributed by atoms with Crippen LogP contribution in [0.25, 0.3) is 11.0 Å². The second-order valence-corrected chi connectivity index (χ2v) is 15.0. The van der Waals surface area contributed by atoms with Crippen LogP contribution in [0.2, 0.25) is 0 Å². The van der Waals surface area contributed by atoms with Crippen molar-refractivity contribution < 1.29 is 33.2 Å². The van der Waals surface area contributed by atoms with Gasteiger partial charge in [-0.2, -0.15) is 0 Å². The van der Waals surface area contributed by atoms with E-state index in [9.17, 15) is 33.6 Å². The zero-order valence-corrected chi connectivity index (χ0v) is 31.8. The lowest BCUT2D eigenvalue weighted by molar-refractivity contribution is -0.143. The van der Waals surface area contributed by atoms with Crippen molar-refractivity contribution in [3.63, 3.8) is 0 Å². The SMILES string of the molecule is CC(=O)N1Cc2ccccc2C[C@H]1C(=O)NCC(=O)N1C2CCCCC2C[C@H]1C(=O)N[C@@H](CCCN=C(N)N)C(=O)Nc1ccc2c(CC(N)=O)cc(=O)oc2c1. The summed E-state index contributed by atoms with van der Waals surface area (Å²) in [5.41, 5.74) is 18.3. The molecule has 2 aliphatic heterocycles. The van der Waals surface area contributed by atoms with E-state index >= 15 is 0 Å². The number of nitrogens with two attached hydrogens (primary N) is 3. The summed E-state index contributed by atoms with van der Waals surface area (Å²) in [6.07, 6.45) is 4.37. The molecule has 3 aliphatic rings. The fourth-order valence-electron chi connectivity index (χ4n) is 8.42. The predicted molar refractivity (Wildman–Crippen MR) is 210 cm³/mol. The number of benzene rings is 2. The van der Waals surface area contributed by atoms with Crippen molar-refractivity contribution >= 4 is 58.1 Å². The van der Waals surface area contributed by atoms with E-state index in [1.807, 2.05) is 24.3 Å². The van der Waals surface area contributed by atoms with E-state index in [-0.39, 0.29) is 67.6 Å². The first-order valence-electron chi connectivity index (χ1n) is 19.2. The average molecular weight is 784 g/mol. The van der Waals surface area contributed by atoms with E-state index in [0.717, 1.165) is 30.4 Å². The molecule has 2 aromatic carbocycles. The second kappa shape index (κ2) is 17.7. The highest BCUT2D eigenvalue weighted by Crippen LogP contribution is 2.40. The number of carbonyl (C=O) groups is 6. The maximum atomic E-state index is 14.2. The summed E-state index contributed by atoms with van der Waals surface area (Å²) >= 11 is 0. The first-order valence-corrected chi connectivity index (χ1v) is 19.2. The number of likely N-dealkylation sites (tertiary alicyclic amines) is 1. The molecule has 1 saturated carbocycles. The van der Waals surface area contributed by atoms with Gasteiger partial charge in [-0.1, -0.05) is 37.1 Å². The Kier molecular flexibility index (Phi) is 12.5. The average Bonchev–Trinajstić information content (AvgIpc) is 3.57. The molecule has 6 rings (SSSR count). The zero-order valence-electron chi connectivity index (χ0n) is 31.8. The molecular formula is C40H49N9O8. The number of primary amides is 1.